The van der Waals surface area contributed by atoms with Crippen LogP contribution in [0, 0.1) is 0 Å². The summed E-state index contributed by atoms with van der Waals surface area (Å²) in [6.07, 6.45) is 17.9. The zero-order valence-corrected chi connectivity index (χ0v) is 29.5. The first kappa shape index (κ1) is 41.7. The molecule has 0 fully saturated rings. The molecule has 0 saturated carbocycles. The molecule has 0 aromatic carbocycles. The number of methoxy groups -OCH3 is 3. The number of ether oxygens (including phenoxy) is 6. The molecule has 0 aromatic heterocycles. The molecule has 42 heavy (non-hydrogen) atoms. The molecule has 0 N–H and O–H groups in total. The average Bonchev–Trinajstić information content (AvgIpc) is 2.99. The van der Waals surface area contributed by atoms with Gasteiger partial charge in [0.25, 0.3) is 5.97 Å². The van der Waals surface area contributed by atoms with Gasteiger partial charge < -0.3 is 28.4 Å². The van der Waals surface area contributed by atoms with Crippen molar-refractivity contribution in [2.24, 2.45) is 0 Å². The van der Waals surface area contributed by atoms with Crippen LogP contribution in [-0.2, 0) is 38.3 Å². The van der Waals surface area contributed by atoms with Crippen molar-refractivity contribution < 1.29 is 36.8 Å². The van der Waals surface area contributed by atoms with Crippen LogP contribution in [0.4, 0.5) is 0 Å². The number of sulfone groups is 1. The van der Waals surface area contributed by atoms with Crippen molar-refractivity contribution in [3.05, 3.63) is 0 Å². The first-order valence-electron chi connectivity index (χ1n) is 17.0. The summed E-state index contributed by atoms with van der Waals surface area (Å²) in [4.78, 5) is 0. The van der Waals surface area contributed by atoms with Gasteiger partial charge in [0.1, 0.15) is 0 Å². The van der Waals surface area contributed by atoms with E-state index in [1.807, 2.05) is 20.8 Å². The lowest BCUT2D eigenvalue weighted by atomic mass is 9.90. The highest BCUT2D eigenvalue weighted by Crippen LogP contribution is 2.45. The Labute approximate surface area is 260 Å². The van der Waals surface area contributed by atoms with Crippen LogP contribution in [0.1, 0.15) is 150 Å². The van der Waals surface area contributed by atoms with Crippen molar-refractivity contribution in [1.82, 2.24) is 0 Å². The minimum absolute atomic E-state index is 0.0398. The number of hydrogen-bond acceptors (Lipinski definition) is 8. The molecule has 0 aliphatic heterocycles. The number of unbranched alkanes of at least 4 members (excludes halogenated alkanes) is 13. The minimum Gasteiger partial charge on any atom is -0.331 e. The summed E-state index contributed by atoms with van der Waals surface area (Å²) in [5.74, 6) is -2.48. The van der Waals surface area contributed by atoms with E-state index in [-0.39, 0.29) is 5.75 Å². The van der Waals surface area contributed by atoms with Crippen LogP contribution in [0.2, 0.25) is 0 Å². The van der Waals surface area contributed by atoms with E-state index >= 15 is 0 Å². The van der Waals surface area contributed by atoms with Gasteiger partial charge in [-0.2, -0.15) is 0 Å². The first-order valence-corrected chi connectivity index (χ1v) is 18.6. The van der Waals surface area contributed by atoms with Gasteiger partial charge >= 0.3 is 5.97 Å². The second kappa shape index (κ2) is 24.0. The van der Waals surface area contributed by atoms with E-state index < -0.39 is 26.5 Å². The average molecular weight is 625 g/mol. The van der Waals surface area contributed by atoms with Crippen LogP contribution in [-0.4, -0.2) is 72.0 Å². The Morgan fingerprint density at radius 2 is 0.810 bits per heavy atom. The molecule has 0 aliphatic carbocycles. The fourth-order valence-corrected chi connectivity index (χ4v) is 8.06. The van der Waals surface area contributed by atoms with Crippen molar-refractivity contribution in [3.8, 4) is 0 Å². The highest BCUT2D eigenvalue weighted by atomic mass is 32.2. The smallest absolute Gasteiger partial charge is 0.303 e. The Balaban J connectivity index is 5.25. The van der Waals surface area contributed by atoms with Gasteiger partial charge in [-0.3, -0.25) is 0 Å². The Bertz CT molecular complexity index is 700. The quantitative estimate of drug-likeness (QED) is 0.0560. The fourth-order valence-electron chi connectivity index (χ4n) is 6.04. The van der Waals surface area contributed by atoms with E-state index in [4.69, 9.17) is 28.4 Å². The molecule has 1 atom stereocenters. The van der Waals surface area contributed by atoms with Crippen LogP contribution >= 0.6 is 0 Å². The molecular formula is C33H68O8S. The summed E-state index contributed by atoms with van der Waals surface area (Å²) >= 11 is 0. The Morgan fingerprint density at radius 1 is 0.476 bits per heavy atom. The SMILES string of the molecule is CCCCCCCCC(CCCCCCCCCCCC(OC)(OC)OC)(C(OCC)(OCC)OCC)S(=O)(=O)CC. The van der Waals surface area contributed by atoms with Crippen molar-refractivity contribution in [2.45, 2.75) is 167 Å². The van der Waals surface area contributed by atoms with Crippen molar-refractivity contribution >= 4 is 9.84 Å². The van der Waals surface area contributed by atoms with Gasteiger partial charge in [-0.15, -0.1) is 0 Å². The van der Waals surface area contributed by atoms with Crippen LogP contribution in [0.3, 0.4) is 0 Å². The molecule has 254 valence electrons. The van der Waals surface area contributed by atoms with E-state index in [0.717, 1.165) is 57.8 Å². The molecule has 0 aromatic rings. The van der Waals surface area contributed by atoms with Gasteiger partial charge in [0.15, 0.2) is 14.6 Å². The highest BCUT2D eigenvalue weighted by molar-refractivity contribution is 7.92. The summed E-state index contributed by atoms with van der Waals surface area (Å²) in [5, 5.41) is 0. The van der Waals surface area contributed by atoms with Crippen LogP contribution in [0.15, 0.2) is 0 Å². The minimum atomic E-state index is -3.57. The maximum absolute atomic E-state index is 14.0. The second-order valence-corrected chi connectivity index (χ2v) is 13.8. The lowest BCUT2D eigenvalue weighted by molar-refractivity contribution is -0.395. The Morgan fingerprint density at radius 3 is 1.12 bits per heavy atom. The summed E-state index contributed by atoms with van der Waals surface area (Å²) in [6, 6.07) is 0. The number of rotatable bonds is 31. The van der Waals surface area contributed by atoms with Gasteiger partial charge in [-0.25, -0.2) is 8.42 Å². The van der Waals surface area contributed by atoms with Gasteiger partial charge in [0.05, 0.1) is 0 Å². The van der Waals surface area contributed by atoms with Gasteiger partial charge in [0.2, 0.25) is 0 Å². The molecule has 0 heterocycles. The molecule has 0 aliphatic rings. The Kier molecular flexibility index (Phi) is 23.8. The highest BCUT2D eigenvalue weighted by Gasteiger charge is 2.62. The van der Waals surface area contributed by atoms with E-state index in [9.17, 15) is 8.42 Å². The van der Waals surface area contributed by atoms with Gasteiger partial charge in [-0.05, 0) is 40.0 Å². The first-order chi connectivity index (χ1) is 20.2. The second-order valence-electron chi connectivity index (χ2n) is 11.2. The molecular weight excluding hydrogens is 556 g/mol. The fraction of sp³-hybridized carbons (Fsp3) is 1.00. The summed E-state index contributed by atoms with van der Waals surface area (Å²) < 4.78 is 61.5. The van der Waals surface area contributed by atoms with Crippen molar-refractivity contribution in [1.29, 1.82) is 0 Å². The van der Waals surface area contributed by atoms with E-state index in [1.165, 1.54) is 38.5 Å². The third kappa shape index (κ3) is 13.4. The van der Waals surface area contributed by atoms with Crippen LogP contribution in [0.5, 0.6) is 0 Å². The van der Waals surface area contributed by atoms with Crippen molar-refractivity contribution in [2.75, 3.05) is 46.9 Å². The maximum Gasteiger partial charge on any atom is 0.303 e. The zero-order chi connectivity index (χ0) is 31.8. The Hall–Kier alpha value is -0.290. The molecule has 0 spiro atoms. The summed E-state index contributed by atoms with van der Waals surface area (Å²) in [5.41, 5.74) is 0. The third-order valence-corrected chi connectivity index (χ3v) is 11.1. The monoisotopic (exact) mass is 624 g/mol. The van der Waals surface area contributed by atoms with E-state index in [2.05, 4.69) is 6.92 Å². The molecule has 0 bridgehead atoms. The predicted octanol–water partition coefficient (Wildman–Crippen LogP) is 8.56. The number of hydrogen-bond donors (Lipinski definition) is 0. The largest absolute Gasteiger partial charge is 0.331 e. The van der Waals surface area contributed by atoms with Gasteiger partial charge in [0, 0.05) is 53.3 Å². The zero-order valence-electron chi connectivity index (χ0n) is 28.7. The van der Waals surface area contributed by atoms with E-state index in [0.29, 0.717) is 39.1 Å². The maximum atomic E-state index is 14.0. The lowest BCUT2D eigenvalue weighted by Gasteiger charge is -2.47. The molecule has 0 radical (unpaired) electrons. The normalized spacial score (nSPS) is 14.4. The van der Waals surface area contributed by atoms with E-state index in [1.54, 1.807) is 28.3 Å². The standard InChI is InChI=1S/C33H68O8S/c1-9-14-15-16-22-25-28-31(42(34,35)13-5,33(39-10-2,40-11-3)41-12-4)29-26-23-20-18-17-19-21-24-27-30-32(36-6,37-7)38-8/h9-30H2,1-8H3. The van der Waals surface area contributed by atoms with Crippen LogP contribution < -0.4 is 0 Å². The van der Waals surface area contributed by atoms with Crippen LogP contribution in [0.25, 0.3) is 0 Å². The molecule has 1 unspecified atom stereocenters. The summed E-state index contributed by atoms with van der Waals surface area (Å²) in [6.45, 7) is 10.5. The predicted molar refractivity (Wildman–Crippen MR) is 172 cm³/mol. The lowest BCUT2D eigenvalue weighted by Crippen LogP contribution is -2.64. The molecule has 0 saturated heterocycles. The molecule has 0 rings (SSSR count). The molecule has 8 nitrogen and oxygen atoms in total. The topological polar surface area (TPSA) is 89.5 Å². The van der Waals surface area contributed by atoms with Gasteiger partial charge in [-0.1, -0.05) is 104 Å². The third-order valence-electron chi connectivity index (χ3n) is 8.47. The summed E-state index contributed by atoms with van der Waals surface area (Å²) in [7, 11) is 1.24. The molecule has 9 heteroatoms. The van der Waals surface area contributed by atoms with Crippen molar-refractivity contribution in [3.63, 3.8) is 0 Å². The molecule has 0 amide bonds.